The molecule has 20 heavy (non-hydrogen) atoms. The lowest BCUT2D eigenvalue weighted by Crippen LogP contribution is -2.37. The van der Waals surface area contributed by atoms with Crippen LogP contribution in [0.4, 0.5) is 0 Å². The van der Waals surface area contributed by atoms with Crippen LogP contribution in [0.2, 0.25) is 0 Å². The number of amides is 1. The lowest BCUT2D eigenvalue weighted by molar-refractivity contribution is -0.141. The fourth-order valence-corrected chi connectivity index (χ4v) is 2.19. The van der Waals surface area contributed by atoms with Crippen molar-refractivity contribution in [3.63, 3.8) is 0 Å². The van der Waals surface area contributed by atoms with Gasteiger partial charge in [-0.1, -0.05) is 30.3 Å². The highest BCUT2D eigenvalue weighted by Crippen LogP contribution is 2.22. The maximum absolute atomic E-state index is 12.2. The third-order valence-corrected chi connectivity index (χ3v) is 3.15. The molecule has 5 heteroatoms. The summed E-state index contributed by atoms with van der Waals surface area (Å²) < 4.78 is 16.4. The molecule has 0 aromatic heterocycles. The molecule has 1 aromatic rings. The lowest BCUT2D eigenvalue weighted by atomic mass is 10.1. The largest absolute Gasteiger partial charge is 0.367 e. The minimum atomic E-state index is -0.605. The molecule has 5 nitrogen and oxygen atoms in total. The number of rotatable bonds is 5. The molecule has 2 rings (SSSR count). The normalized spacial score (nSPS) is 22.4. The second kappa shape index (κ2) is 6.35. The van der Waals surface area contributed by atoms with Crippen LogP contribution < -0.4 is 5.32 Å². The Hall–Kier alpha value is -1.43. The van der Waals surface area contributed by atoms with E-state index in [9.17, 15) is 4.79 Å². The Labute approximate surface area is 119 Å². The number of hydrogen-bond donors (Lipinski definition) is 1. The van der Waals surface area contributed by atoms with Gasteiger partial charge < -0.3 is 19.5 Å². The molecule has 2 atom stereocenters. The highest BCUT2D eigenvalue weighted by Gasteiger charge is 2.33. The van der Waals surface area contributed by atoms with Gasteiger partial charge in [-0.05, 0) is 19.4 Å². The first kappa shape index (κ1) is 15.0. The molecule has 0 bridgehead atoms. The van der Waals surface area contributed by atoms with Gasteiger partial charge >= 0.3 is 0 Å². The van der Waals surface area contributed by atoms with E-state index in [4.69, 9.17) is 14.2 Å². The standard InChI is InChI=1S/C15H21NO4/c1-15(2)19-10-12(20-15)9-16-14(17)13(18-3)11-7-5-4-6-8-11/h4-8,12-13H,9-10H2,1-3H3,(H,16,17). The van der Waals surface area contributed by atoms with Crippen molar-refractivity contribution in [3.05, 3.63) is 35.9 Å². The summed E-state index contributed by atoms with van der Waals surface area (Å²) in [5, 5.41) is 2.84. The number of carbonyl (C=O) groups is 1. The number of hydrogen-bond acceptors (Lipinski definition) is 4. The van der Waals surface area contributed by atoms with Crippen molar-refractivity contribution in [1.82, 2.24) is 5.32 Å². The fraction of sp³-hybridized carbons (Fsp3) is 0.533. The molecule has 0 aliphatic carbocycles. The average molecular weight is 279 g/mol. The molecule has 1 aliphatic rings. The summed E-state index contributed by atoms with van der Waals surface area (Å²) in [6, 6.07) is 9.40. The molecule has 110 valence electrons. The van der Waals surface area contributed by atoms with Gasteiger partial charge in [0.05, 0.1) is 6.61 Å². The highest BCUT2D eigenvalue weighted by atomic mass is 16.7. The molecule has 1 aliphatic heterocycles. The Balaban J connectivity index is 1.88. The maximum atomic E-state index is 12.2. The van der Waals surface area contributed by atoms with Gasteiger partial charge in [0.25, 0.3) is 5.91 Å². The van der Waals surface area contributed by atoms with E-state index in [1.54, 1.807) is 0 Å². The Morgan fingerprint density at radius 1 is 1.45 bits per heavy atom. The summed E-state index contributed by atoms with van der Waals surface area (Å²) in [5.74, 6) is -0.748. The van der Waals surface area contributed by atoms with Crippen LogP contribution >= 0.6 is 0 Å². The molecule has 0 radical (unpaired) electrons. The molecule has 1 saturated heterocycles. The van der Waals surface area contributed by atoms with E-state index in [0.717, 1.165) is 5.56 Å². The summed E-state index contributed by atoms with van der Waals surface area (Å²) >= 11 is 0. The number of nitrogens with one attached hydrogen (secondary N) is 1. The van der Waals surface area contributed by atoms with Crippen LogP contribution in [0.5, 0.6) is 0 Å². The maximum Gasteiger partial charge on any atom is 0.253 e. The first-order valence-corrected chi connectivity index (χ1v) is 6.69. The Morgan fingerprint density at radius 3 is 2.70 bits per heavy atom. The van der Waals surface area contributed by atoms with Gasteiger partial charge in [0.15, 0.2) is 11.9 Å². The lowest BCUT2D eigenvalue weighted by Gasteiger charge is -2.19. The SMILES string of the molecule is COC(C(=O)NCC1COC(C)(C)O1)c1ccccc1. The molecular weight excluding hydrogens is 258 g/mol. The van der Waals surface area contributed by atoms with Crippen LogP contribution in [-0.2, 0) is 19.0 Å². The van der Waals surface area contributed by atoms with Gasteiger partial charge in [0, 0.05) is 13.7 Å². The van der Waals surface area contributed by atoms with E-state index in [0.29, 0.717) is 13.2 Å². The number of methoxy groups -OCH3 is 1. The summed E-state index contributed by atoms with van der Waals surface area (Å²) in [5.41, 5.74) is 0.830. The van der Waals surface area contributed by atoms with Crippen LogP contribution in [0.15, 0.2) is 30.3 Å². The first-order chi connectivity index (χ1) is 9.52. The monoisotopic (exact) mass is 279 g/mol. The number of ether oxygens (including phenoxy) is 3. The van der Waals surface area contributed by atoms with Crippen LogP contribution in [0, 0.1) is 0 Å². The second-order valence-electron chi connectivity index (χ2n) is 5.22. The molecule has 2 unspecified atom stereocenters. The van der Waals surface area contributed by atoms with E-state index in [2.05, 4.69) is 5.32 Å². The van der Waals surface area contributed by atoms with Gasteiger partial charge in [-0.25, -0.2) is 0 Å². The molecule has 0 spiro atoms. The van der Waals surface area contributed by atoms with Gasteiger partial charge in [-0.15, -0.1) is 0 Å². The number of carbonyl (C=O) groups excluding carboxylic acids is 1. The fourth-order valence-electron chi connectivity index (χ4n) is 2.19. The second-order valence-corrected chi connectivity index (χ2v) is 5.22. The van der Waals surface area contributed by atoms with Crippen molar-refractivity contribution in [2.75, 3.05) is 20.3 Å². The van der Waals surface area contributed by atoms with Crippen molar-refractivity contribution in [3.8, 4) is 0 Å². The Kier molecular flexibility index (Phi) is 4.75. The first-order valence-electron chi connectivity index (χ1n) is 6.69. The summed E-state index contributed by atoms with van der Waals surface area (Å²) in [7, 11) is 1.52. The Bertz CT molecular complexity index is 446. The molecule has 0 saturated carbocycles. The summed E-state index contributed by atoms with van der Waals surface area (Å²) in [6.07, 6.45) is -0.728. The van der Waals surface area contributed by atoms with Crippen molar-refractivity contribution < 1.29 is 19.0 Å². The van der Waals surface area contributed by atoms with Crippen molar-refractivity contribution in [2.24, 2.45) is 0 Å². The third-order valence-electron chi connectivity index (χ3n) is 3.15. The van der Waals surface area contributed by atoms with Gasteiger partial charge in [0.2, 0.25) is 0 Å². The minimum Gasteiger partial charge on any atom is -0.367 e. The highest BCUT2D eigenvalue weighted by molar-refractivity contribution is 5.82. The van der Waals surface area contributed by atoms with Crippen molar-refractivity contribution in [2.45, 2.75) is 31.8 Å². The van der Waals surface area contributed by atoms with Crippen LogP contribution in [-0.4, -0.2) is 38.1 Å². The van der Waals surface area contributed by atoms with Crippen molar-refractivity contribution in [1.29, 1.82) is 0 Å². The predicted molar refractivity (Wildman–Crippen MR) is 74.1 cm³/mol. The molecule has 1 amide bonds. The zero-order valence-electron chi connectivity index (χ0n) is 12.1. The Morgan fingerprint density at radius 2 is 2.15 bits per heavy atom. The van der Waals surface area contributed by atoms with Crippen molar-refractivity contribution >= 4 is 5.91 Å². The van der Waals surface area contributed by atoms with E-state index >= 15 is 0 Å². The van der Waals surface area contributed by atoms with Gasteiger partial charge in [0.1, 0.15) is 6.10 Å². The van der Waals surface area contributed by atoms with Crippen LogP contribution in [0.25, 0.3) is 0 Å². The predicted octanol–water partition coefficient (Wildman–Crippen LogP) is 1.64. The minimum absolute atomic E-state index is 0.123. The summed E-state index contributed by atoms with van der Waals surface area (Å²) in [6.45, 7) is 4.61. The molecule has 1 N–H and O–H groups in total. The van der Waals surface area contributed by atoms with E-state index in [1.165, 1.54) is 7.11 Å². The quantitative estimate of drug-likeness (QED) is 0.890. The zero-order valence-corrected chi connectivity index (χ0v) is 12.1. The van der Waals surface area contributed by atoms with Crippen LogP contribution in [0.1, 0.15) is 25.5 Å². The third kappa shape index (κ3) is 3.79. The smallest absolute Gasteiger partial charge is 0.253 e. The van der Waals surface area contributed by atoms with E-state index in [-0.39, 0.29) is 12.0 Å². The van der Waals surface area contributed by atoms with Gasteiger partial charge in [-0.3, -0.25) is 4.79 Å². The molecule has 1 heterocycles. The molecule has 1 aromatic carbocycles. The van der Waals surface area contributed by atoms with Gasteiger partial charge in [-0.2, -0.15) is 0 Å². The zero-order chi connectivity index (χ0) is 14.6. The molecular formula is C15H21NO4. The van der Waals surface area contributed by atoms with E-state index < -0.39 is 11.9 Å². The summed E-state index contributed by atoms with van der Waals surface area (Å²) in [4.78, 5) is 12.2. The average Bonchev–Trinajstić information content (AvgIpc) is 2.78. The van der Waals surface area contributed by atoms with E-state index in [1.807, 2.05) is 44.2 Å². The molecule has 1 fully saturated rings. The topological polar surface area (TPSA) is 56.8 Å². The number of benzene rings is 1. The van der Waals surface area contributed by atoms with Crippen LogP contribution in [0.3, 0.4) is 0 Å².